The number of rotatable bonds is 6. The number of hydroxylamine groups is 6. The van der Waals surface area contributed by atoms with Crippen molar-refractivity contribution in [2.24, 2.45) is 71.0 Å². The van der Waals surface area contributed by atoms with Crippen LogP contribution in [0, 0.1) is 71.0 Å². The fourth-order valence-electron chi connectivity index (χ4n) is 10.3. The van der Waals surface area contributed by atoms with Gasteiger partial charge in [0.05, 0.1) is 52.2 Å². The predicted molar refractivity (Wildman–Crippen MR) is 161 cm³/mol. The number of nitrogens with zero attached hydrogens (tertiary/aromatic N) is 3. The second-order valence-electron chi connectivity index (χ2n) is 14.8. The third kappa shape index (κ3) is 3.96. The van der Waals surface area contributed by atoms with Crippen LogP contribution in [0.15, 0.2) is 54.7 Å². The summed E-state index contributed by atoms with van der Waals surface area (Å²) in [6.07, 6.45) is 13.1. The second-order valence-corrected chi connectivity index (χ2v) is 14.8. The molecule has 9 aliphatic rings. The molecule has 0 spiro atoms. The van der Waals surface area contributed by atoms with Crippen molar-refractivity contribution in [3.8, 4) is 0 Å². The van der Waals surface area contributed by atoms with Crippen molar-refractivity contribution in [3.63, 3.8) is 0 Å². The first-order valence-corrected chi connectivity index (χ1v) is 17.0. The number of allylic oxidation sites excluding steroid dienone is 6. The van der Waals surface area contributed by atoms with Crippen LogP contribution in [0.2, 0.25) is 0 Å². The molecule has 12 unspecified atom stereocenters. The van der Waals surface area contributed by atoms with Crippen LogP contribution in [0.5, 0.6) is 0 Å². The van der Waals surface area contributed by atoms with E-state index in [0.29, 0.717) is 34.5 Å². The topological polar surface area (TPSA) is 191 Å². The van der Waals surface area contributed by atoms with Crippen molar-refractivity contribution >= 4 is 53.4 Å². The van der Waals surface area contributed by atoms with Crippen molar-refractivity contribution in [1.82, 2.24) is 15.2 Å². The third-order valence-corrected chi connectivity index (χ3v) is 12.5. The summed E-state index contributed by atoms with van der Waals surface area (Å²) < 4.78 is 0. The summed E-state index contributed by atoms with van der Waals surface area (Å²) in [6.45, 7) is 0. The van der Waals surface area contributed by atoms with Crippen molar-refractivity contribution in [3.05, 3.63) is 71.3 Å². The van der Waals surface area contributed by atoms with Gasteiger partial charge in [-0.25, -0.2) is 14.4 Å². The normalized spacial score (nSPS) is 38.5. The highest BCUT2D eigenvalue weighted by atomic mass is 16.7. The summed E-state index contributed by atoms with van der Waals surface area (Å²) in [5.41, 5.74) is -1.52. The van der Waals surface area contributed by atoms with E-state index in [4.69, 9.17) is 14.5 Å². The summed E-state index contributed by atoms with van der Waals surface area (Å²) in [7, 11) is 0. The van der Waals surface area contributed by atoms with Crippen LogP contribution in [0.1, 0.15) is 50.3 Å². The molecule has 1 aromatic rings. The zero-order valence-corrected chi connectivity index (χ0v) is 26.5. The van der Waals surface area contributed by atoms with E-state index in [9.17, 15) is 43.2 Å². The van der Waals surface area contributed by atoms with Crippen molar-refractivity contribution in [2.75, 3.05) is 0 Å². The van der Waals surface area contributed by atoms with E-state index in [0.717, 1.165) is 18.2 Å². The van der Waals surface area contributed by atoms with Gasteiger partial charge in [0, 0.05) is 0 Å². The largest absolute Gasteiger partial charge is 0.363 e. The van der Waals surface area contributed by atoms with Gasteiger partial charge in [-0.1, -0.05) is 36.5 Å². The van der Waals surface area contributed by atoms with E-state index in [2.05, 4.69) is 0 Å². The maximum absolute atomic E-state index is 13.5. The summed E-state index contributed by atoms with van der Waals surface area (Å²) in [4.78, 5) is 135. The van der Waals surface area contributed by atoms with Gasteiger partial charge in [-0.15, -0.1) is 15.2 Å². The highest BCUT2D eigenvalue weighted by Gasteiger charge is 2.63. The number of hydrogen-bond donors (Lipinski definition) is 0. The molecule has 12 atom stereocenters. The number of carbonyl (C=O) groups excluding carboxylic acids is 9. The number of carbonyl (C=O) groups is 9. The molecule has 6 fully saturated rings. The van der Waals surface area contributed by atoms with Gasteiger partial charge in [0.1, 0.15) is 0 Å². The molecule has 6 bridgehead atoms. The summed E-state index contributed by atoms with van der Waals surface area (Å²) in [6, 6.07) is 2.82. The van der Waals surface area contributed by atoms with Crippen molar-refractivity contribution < 1.29 is 57.7 Å². The summed E-state index contributed by atoms with van der Waals surface area (Å²) >= 11 is 0. The first kappa shape index (κ1) is 30.1. The van der Waals surface area contributed by atoms with Crippen LogP contribution in [0.25, 0.3) is 0 Å². The molecule has 6 amide bonds. The number of imide groups is 3. The van der Waals surface area contributed by atoms with Crippen LogP contribution in [-0.2, 0) is 43.3 Å². The van der Waals surface area contributed by atoms with E-state index in [1.807, 2.05) is 36.5 Å². The Morgan fingerprint density at radius 3 is 0.784 bits per heavy atom. The molecule has 15 nitrogen and oxygen atoms in total. The lowest BCUT2D eigenvalue weighted by Gasteiger charge is -2.18. The van der Waals surface area contributed by atoms with Crippen LogP contribution < -0.4 is 0 Å². The van der Waals surface area contributed by atoms with E-state index in [1.165, 1.54) is 0 Å². The average molecular weight is 694 g/mol. The Hall–Kier alpha value is -5.73. The number of hydrogen-bond acceptors (Lipinski definition) is 12. The Labute approximate surface area is 287 Å². The molecule has 0 aromatic heterocycles. The van der Waals surface area contributed by atoms with Crippen LogP contribution in [0.4, 0.5) is 0 Å². The summed E-state index contributed by atoms with van der Waals surface area (Å²) in [5, 5.41) is 1.20. The van der Waals surface area contributed by atoms with Gasteiger partial charge >= 0.3 is 17.9 Å². The Kier molecular flexibility index (Phi) is 6.01. The molecule has 0 radical (unpaired) electrons. The molecule has 3 aliphatic heterocycles. The molecule has 1 aromatic carbocycles. The number of benzene rings is 1. The molecule has 3 saturated carbocycles. The predicted octanol–water partition coefficient (Wildman–Crippen LogP) is 1.32. The van der Waals surface area contributed by atoms with Crippen LogP contribution in [-0.4, -0.2) is 68.5 Å². The highest BCUT2D eigenvalue weighted by Crippen LogP contribution is 2.54. The first-order valence-electron chi connectivity index (χ1n) is 17.0. The van der Waals surface area contributed by atoms with Gasteiger partial charge in [0.2, 0.25) is 0 Å². The zero-order valence-electron chi connectivity index (χ0n) is 26.5. The zero-order chi connectivity index (χ0) is 35.2. The lowest BCUT2D eigenvalue weighted by molar-refractivity contribution is -0.176. The minimum Gasteiger partial charge on any atom is -0.325 e. The Morgan fingerprint density at radius 2 is 0.588 bits per heavy atom. The van der Waals surface area contributed by atoms with Crippen molar-refractivity contribution in [1.29, 1.82) is 0 Å². The van der Waals surface area contributed by atoms with E-state index in [1.54, 1.807) is 0 Å². The quantitative estimate of drug-likeness (QED) is 0.307. The van der Waals surface area contributed by atoms with Gasteiger partial charge in [-0.2, -0.15) is 0 Å². The lowest BCUT2D eigenvalue weighted by Crippen LogP contribution is -2.36. The molecular weight excluding hydrogens is 666 g/mol. The minimum absolute atomic E-state index is 0.164. The average Bonchev–Trinajstić information content (AvgIpc) is 4.00. The number of amides is 6. The van der Waals surface area contributed by atoms with Crippen LogP contribution >= 0.6 is 0 Å². The SMILES string of the molecule is O=C(ON1C(=O)C2C3C=CC(C3)C2C1=O)c1cc(C(=O)ON2C(=O)C3C4C=CC(C4)C3C2=O)cc(C(=O)ON2C(=O)C3C4C=CC(C4)C3C2=O)c1. The highest BCUT2D eigenvalue weighted by molar-refractivity contribution is 6.10. The smallest absolute Gasteiger partial charge is 0.325 e. The maximum atomic E-state index is 13.5. The molecule has 3 saturated heterocycles. The number of fused-ring (bicyclic) bond motifs is 15. The standard InChI is InChI=1S/C36H27N3O12/c40-28-22-13-1-2-14(7-13)23(22)29(41)37(28)49-34(46)19-10-20(35(47)50-38-30(42)24-15-3-4-16(8-15)25(24)31(38)43)12-21(11-19)36(48)51-39-32(44)26-17-5-6-18(9-17)27(26)33(39)45/h1-6,10-18,22-27H,7-9H2. The van der Waals surface area contributed by atoms with E-state index in [-0.39, 0.29) is 35.5 Å². The van der Waals surface area contributed by atoms with E-state index >= 15 is 0 Å². The second kappa shape index (κ2) is 10.2. The monoisotopic (exact) mass is 693 g/mol. The molecule has 15 heteroatoms. The molecule has 258 valence electrons. The molecule has 51 heavy (non-hydrogen) atoms. The van der Waals surface area contributed by atoms with Gasteiger partial charge in [-0.05, 0) is 73.0 Å². The van der Waals surface area contributed by atoms with Gasteiger partial charge in [0.25, 0.3) is 35.4 Å². The molecule has 10 rings (SSSR count). The van der Waals surface area contributed by atoms with Gasteiger partial charge < -0.3 is 14.5 Å². The molecule has 6 aliphatic carbocycles. The molecular formula is C36H27N3O12. The Morgan fingerprint density at radius 1 is 0.392 bits per heavy atom. The van der Waals surface area contributed by atoms with Crippen LogP contribution in [0.3, 0.4) is 0 Å². The fraction of sp³-hybridized carbons (Fsp3) is 0.417. The van der Waals surface area contributed by atoms with Gasteiger partial charge in [-0.3, -0.25) is 28.8 Å². The van der Waals surface area contributed by atoms with Crippen molar-refractivity contribution in [2.45, 2.75) is 19.3 Å². The molecule has 3 heterocycles. The maximum Gasteiger partial charge on any atom is 0.363 e. The van der Waals surface area contributed by atoms with E-state index < -0.39 is 106 Å². The van der Waals surface area contributed by atoms with Gasteiger partial charge in [0.15, 0.2) is 0 Å². The third-order valence-electron chi connectivity index (χ3n) is 12.5. The Bertz CT molecular complexity index is 1740. The lowest BCUT2D eigenvalue weighted by atomic mass is 9.85. The fourth-order valence-corrected chi connectivity index (χ4v) is 10.3. The molecule has 0 N–H and O–H groups in total. The Balaban J connectivity index is 0.934. The minimum atomic E-state index is -1.29. The summed E-state index contributed by atoms with van der Waals surface area (Å²) in [5.74, 6) is -13.0. The first-order chi connectivity index (χ1) is 24.5.